The van der Waals surface area contributed by atoms with E-state index in [1.807, 2.05) is 20.8 Å². The molecule has 1 aromatic carbocycles. The van der Waals surface area contributed by atoms with E-state index in [2.05, 4.69) is 5.32 Å². The van der Waals surface area contributed by atoms with Crippen LogP contribution in [0.15, 0.2) is 23.1 Å². The van der Waals surface area contributed by atoms with Crippen LogP contribution < -0.4 is 5.32 Å². The van der Waals surface area contributed by atoms with Crippen molar-refractivity contribution in [3.63, 3.8) is 0 Å². The fourth-order valence-electron chi connectivity index (χ4n) is 1.72. The summed E-state index contributed by atoms with van der Waals surface area (Å²) < 4.78 is 39.4. The Bertz CT molecular complexity index is 418. The van der Waals surface area contributed by atoms with E-state index in [0.29, 0.717) is 17.0 Å². The third-order valence-electron chi connectivity index (χ3n) is 3.01. The fraction of sp³-hybridized carbons (Fsp3) is 0.600. The molecule has 1 N–H and O–H groups in total. The topological polar surface area (TPSA) is 12.0 Å². The van der Waals surface area contributed by atoms with Crippen molar-refractivity contribution < 1.29 is 13.2 Å². The van der Waals surface area contributed by atoms with Gasteiger partial charge in [-0.2, -0.15) is 13.2 Å². The van der Waals surface area contributed by atoms with E-state index in [-0.39, 0.29) is 5.25 Å². The lowest BCUT2D eigenvalue weighted by atomic mass is 10.1. The molecule has 0 spiro atoms. The van der Waals surface area contributed by atoms with Gasteiger partial charge in [-0.3, -0.25) is 0 Å². The first kappa shape index (κ1) is 17.4. The van der Waals surface area contributed by atoms with Crippen LogP contribution in [-0.2, 0) is 12.7 Å². The molecule has 0 fully saturated rings. The average Bonchev–Trinajstić information content (AvgIpc) is 2.39. The molecule has 0 aliphatic heterocycles. The maximum atomic E-state index is 13.1. The third kappa shape index (κ3) is 5.37. The van der Waals surface area contributed by atoms with Crippen molar-refractivity contribution in [3.8, 4) is 0 Å². The molecule has 1 atom stereocenters. The van der Waals surface area contributed by atoms with Gasteiger partial charge in [0.2, 0.25) is 0 Å². The summed E-state index contributed by atoms with van der Waals surface area (Å²) in [5.41, 5.74) is 0.165. The summed E-state index contributed by atoms with van der Waals surface area (Å²) >= 11 is 1.29. The molecular formula is C15H22F3NS. The fourth-order valence-corrected chi connectivity index (χ4v) is 2.77. The molecule has 0 radical (unpaired) electrons. The lowest BCUT2D eigenvalue weighted by Gasteiger charge is -2.16. The number of thioether (sulfide) groups is 1. The first-order valence-corrected chi connectivity index (χ1v) is 7.83. The molecule has 20 heavy (non-hydrogen) atoms. The van der Waals surface area contributed by atoms with Crippen LogP contribution in [0.4, 0.5) is 13.2 Å². The largest absolute Gasteiger partial charge is 0.417 e. The lowest BCUT2D eigenvalue weighted by molar-refractivity contribution is -0.139. The molecule has 0 bridgehead atoms. The van der Waals surface area contributed by atoms with Crippen LogP contribution in [0.2, 0.25) is 0 Å². The summed E-state index contributed by atoms with van der Waals surface area (Å²) in [7, 11) is 0. The Hall–Kier alpha value is -0.680. The summed E-state index contributed by atoms with van der Waals surface area (Å²) in [5, 5.41) is 3.31. The van der Waals surface area contributed by atoms with E-state index in [0.717, 1.165) is 19.4 Å². The van der Waals surface area contributed by atoms with E-state index < -0.39 is 11.7 Å². The number of nitrogens with one attached hydrogen (secondary N) is 1. The zero-order valence-electron chi connectivity index (χ0n) is 12.2. The minimum Gasteiger partial charge on any atom is -0.313 e. The van der Waals surface area contributed by atoms with Gasteiger partial charge in [-0.15, -0.1) is 11.8 Å². The second kappa shape index (κ2) is 7.93. The maximum absolute atomic E-state index is 13.1. The first-order chi connectivity index (χ1) is 9.38. The predicted octanol–water partition coefficient (Wildman–Crippen LogP) is 5.10. The molecule has 0 heterocycles. The third-order valence-corrected chi connectivity index (χ3v) is 4.35. The molecule has 114 valence electrons. The summed E-state index contributed by atoms with van der Waals surface area (Å²) in [5.74, 6) is 0. The number of rotatable bonds is 7. The van der Waals surface area contributed by atoms with Gasteiger partial charge in [-0.1, -0.05) is 26.8 Å². The van der Waals surface area contributed by atoms with Gasteiger partial charge < -0.3 is 5.32 Å². The van der Waals surface area contributed by atoms with Crippen LogP contribution in [-0.4, -0.2) is 11.8 Å². The molecule has 1 unspecified atom stereocenters. The van der Waals surface area contributed by atoms with E-state index in [1.165, 1.54) is 17.8 Å². The van der Waals surface area contributed by atoms with Gasteiger partial charge >= 0.3 is 6.18 Å². The Morgan fingerprint density at radius 3 is 2.50 bits per heavy atom. The number of benzene rings is 1. The maximum Gasteiger partial charge on any atom is 0.417 e. The molecule has 0 aliphatic rings. The summed E-state index contributed by atoms with van der Waals surface area (Å²) in [6.07, 6.45) is -2.48. The molecule has 0 amide bonds. The van der Waals surface area contributed by atoms with E-state index >= 15 is 0 Å². The molecule has 5 heteroatoms. The van der Waals surface area contributed by atoms with Crippen LogP contribution in [0.3, 0.4) is 0 Å². The normalized spacial score (nSPS) is 13.5. The Morgan fingerprint density at radius 2 is 1.95 bits per heavy atom. The van der Waals surface area contributed by atoms with Crippen molar-refractivity contribution in [2.45, 2.75) is 56.5 Å². The zero-order chi connectivity index (χ0) is 15.2. The molecule has 0 aliphatic carbocycles. The molecule has 1 rings (SSSR count). The van der Waals surface area contributed by atoms with Gasteiger partial charge in [-0.25, -0.2) is 0 Å². The second-order valence-corrected chi connectivity index (χ2v) is 6.32. The van der Waals surface area contributed by atoms with E-state index in [9.17, 15) is 13.2 Å². The van der Waals surface area contributed by atoms with Gasteiger partial charge in [0.25, 0.3) is 0 Å². The van der Waals surface area contributed by atoms with Crippen molar-refractivity contribution in [1.29, 1.82) is 0 Å². The average molecular weight is 305 g/mol. The Labute approximate surface area is 123 Å². The van der Waals surface area contributed by atoms with E-state index in [1.54, 1.807) is 12.1 Å². The minimum atomic E-state index is -4.30. The number of hydrogen-bond acceptors (Lipinski definition) is 2. The lowest BCUT2D eigenvalue weighted by Crippen LogP contribution is -2.15. The molecule has 1 nitrogen and oxygen atoms in total. The molecule has 0 saturated carbocycles. The quantitative estimate of drug-likeness (QED) is 0.556. The second-order valence-electron chi connectivity index (χ2n) is 4.84. The van der Waals surface area contributed by atoms with Crippen LogP contribution in [0.5, 0.6) is 0 Å². The van der Waals surface area contributed by atoms with Crippen LogP contribution in [0, 0.1) is 0 Å². The molecule has 0 saturated heterocycles. The van der Waals surface area contributed by atoms with Gasteiger partial charge in [0, 0.05) is 16.7 Å². The van der Waals surface area contributed by atoms with Crippen molar-refractivity contribution >= 4 is 11.8 Å². The highest BCUT2D eigenvalue weighted by atomic mass is 32.2. The SMILES string of the molecule is CCCNCc1ccc(SC(C)CC)c(C(F)(F)F)c1. The van der Waals surface area contributed by atoms with E-state index in [4.69, 9.17) is 0 Å². The Morgan fingerprint density at radius 1 is 1.25 bits per heavy atom. The zero-order valence-corrected chi connectivity index (χ0v) is 13.0. The van der Waals surface area contributed by atoms with Crippen LogP contribution in [0.1, 0.15) is 44.7 Å². The monoisotopic (exact) mass is 305 g/mol. The summed E-state index contributed by atoms with van der Waals surface area (Å²) in [4.78, 5) is 0.325. The molecule has 1 aromatic rings. The van der Waals surface area contributed by atoms with Crippen molar-refractivity contribution in [1.82, 2.24) is 5.32 Å². The molecular weight excluding hydrogens is 283 g/mol. The van der Waals surface area contributed by atoms with Gasteiger partial charge in [-0.05, 0) is 37.1 Å². The van der Waals surface area contributed by atoms with Crippen molar-refractivity contribution in [2.75, 3.05) is 6.54 Å². The summed E-state index contributed by atoms with van der Waals surface area (Å²) in [6, 6.07) is 4.65. The van der Waals surface area contributed by atoms with Crippen LogP contribution in [0.25, 0.3) is 0 Å². The highest BCUT2D eigenvalue weighted by molar-refractivity contribution is 8.00. The van der Waals surface area contributed by atoms with Crippen molar-refractivity contribution in [3.05, 3.63) is 29.3 Å². The number of hydrogen-bond donors (Lipinski definition) is 1. The summed E-state index contributed by atoms with van der Waals surface area (Å²) in [6.45, 7) is 7.24. The Kier molecular flexibility index (Phi) is 6.89. The van der Waals surface area contributed by atoms with Crippen LogP contribution >= 0.6 is 11.8 Å². The highest BCUT2D eigenvalue weighted by Gasteiger charge is 2.34. The number of halogens is 3. The standard InChI is InChI=1S/C15H22F3NS/c1-4-8-19-10-12-6-7-14(20-11(3)5-2)13(9-12)15(16,17)18/h6-7,9,11,19H,4-5,8,10H2,1-3H3. The van der Waals surface area contributed by atoms with Gasteiger partial charge in [0.05, 0.1) is 5.56 Å². The smallest absolute Gasteiger partial charge is 0.313 e. The predicted molar refractivity (Wildman–Crippen MR) is 79.1 cm³/mol. The van der Waals surface area contributed by atoms with Crippen molar-refractivity contribution in [2.24, 2.45) is 0 Å². The minimum absolute atomic E-state index is 0.181. The first-order valence-electron chi connectivity index (χ1n) is 6.96. The Balaban J connectivity index is 2.95. The number of alkyl halides is 3. The highest BCUT2D eigenvalue weighted by Crippen LogP contribution is 2.39. The van der Waals surface area contributed by atoms with Gasteiger partial charge in [0.15, 0.2) is 0 Å². The molecule has 0 aromatic heterocycles. The van der Waals surface area contributed by atoms with Gasteiger partial charge in [0.1, 0.15) is 0 Å².